The summed E-state index contributed by atoms with van der Waals surface area (Å²) in [5, 5.41) is 17.3. The van der Waals surface area contributed by atoms with Crippen molar-refractivity contribution in [2.75, 3.05) is 26.4 Å². The maximum Gasteiger partial charge on any atom is 0.0732 e. The summed E-state index contributed by atoms with van der Waals surface area (Å²) in [6.07, 6.45) is 6.86. The third-order valence-corrected chi connectivity index (χ3v) is 4.18. The van der Waals surface area contributed by atoms with Crippen LogP contribution in [0, 0.1) is 0 Å². The maximum absolute atomic E-state index is 8.63. The lowest BCUT2D eigenvalue weighted by Gasteiger charge is -2.10. The molecule has 0 aromatic heterocycles. The molecule has 1 rings (SSSR count). The van der Waals surface area contributed by atoms with Crippen molar-refractivity contribution in [2.24, 2.45) is 0 Å². The Morgan fingerprint density at radius 2 is 1.18 bits per heavy atom. The average Bonchev–Trinajstić information content (AvgIpc) is 2.51. The van der Waals surface area contributed by atoms with Crippen molar-refractivity contribution in [3.8, 4) is 0 Å². The van der Waals surface area contributed by atoms with Gasteiger partial charge in [-0.3, -0.25) is 0 Å². The van der Waals surface area contributed by atoms with Gasteiger partial charge in [-0.1, -0.05) is 56.2 Å². The maximum atomic E-state index is 8.63. The van der Waals surface area contributed by atoms with Crippen molar-refractivity contribution < 1.29 is 19.7 Å². The highest BCUT2D eigenvalue weighted by Crippen LogP contribution is 2.27. The SMILES string of the molecule is OCC=CCOCc1cc(Br)c(COCC=CCO)cc1Br. The second kappa shape index (κ2) is 12.0. The summed E-state index contributed by atoms with van der Waals surface area (Å²) in [6.45, 7) is 1.95. The minimum Gasteiger partial charge on any atom is -0.392 e. The van der Waals surface area contributed by atoms with Gasteiger partial charge < -0.3 is 19.7 Å². The first-order valence-electron chi connectivity index (χ1n) is 6.83. The van der Waals surface area contributed by atoms with Gasteiger partial charge in [0.1, 0.15) is 0 Å². The third kappa shape index (κ3) is 7.67. The lowest BCUT2D eigenvalue weighted by molar-refractivity contribution is 0.145. The summed E-state index contributed by atoms with van der Waals surface area (Å²) in [4.78, 5) is 0. The molecule has 0 bridgehead atoms. The molecule has 122 valence electrons. The molecule has 22 heavy (non-hydrogen) atoms. The Bertz CT molecular complexity index is 455. The predicted octanol–water partition coefficient (Wildman–Crippen LogP) is 3.34. The van der Waals surface area contributed by atoms with Gasteiger partial charge in [0.05, 0.1) is 39.6 Å². The number of hydrogen-bond acceptors (Lipinski definition) is 4. The predicted molar refractivity (Wildman–Crippen MR) is 93.6 cm³/mol. The van der Waals surface area contributed by atoms with E-state index in [1.165, 1.54) is 0 Å². The number of halogens is 2. The summed E-state index contributed by atoms with van der Waals surface area (Å²) >= 11 is 7.07. The van der Waals surface area contributed by atoms with Gasteiger partial charge >= 0.3 is 0 Å². The molecule has 1 aromatic rings. The van der Waals surface area contributed by atoms with Crippen molar-refractivity contribution in [2.45, 2.75) is 13.2 Å². The van der Waals surface area contributed by atoms with Crippen molar-refractivity contribution in [1.29, 1.82) is 0 Å². The van der Waals surface area contributed by atoms with Gasteiger partial charge in [0.15, 0.2) is 0 Å². The van der Waals surface area contributed by atoms with E-state index >= 15 is 0 Å². The molecule has 0 amide bonds. The number of rotatable bonds is 10. The number of aliphatic hydroxyl groups is 2. The topological polar surface area (TPSA) is 58.9 Å². The Balaban J connectivity index is 2.52. The smallest absolute Gasteiger partial charge is 0.0732 e. The first kappa shape index (κ1) is 19.5. The molecule has 0 spiro atoms. The van der Waals surface area contributed by atoms with Crippen LogP contribution in [0.4, 0.5) is 0 Å². The second-order valence-corrected chi connectivity index (χ2v) is 6.08. The van der Waals surface area contributed by atoms with E-state index in [9.17, 15) is 0 Å². The minimum absolute atomic E-state index is 0.0286. The van der Waals surface area contributed by atoms with Gasteiger partial charge in [0.2, 0.25) is 0 Å². The fourth-order valence-corrected chi connectivity index (χ4v) is 2.62. The monoisotopic (exact) mass is 434 g/mol. The lowest BCUT2D eigenvalue weighted by atomic mass is 10.1. The molecular weight excluding hydrogens is 416 g/mol. The van der Waals surface area contributed by atoms with E-state index in [0.29, 0.717) is 26.4 Å². The molecular formula is C16H20Br2O4. The molecule has 0 aliphatic rings. The normalized spacial score (nSPS) is 11.8. The first-order chi connectivity index (χ1) is 10.7. The van der Waals surface area contributed by atoms with Gasteiger partial charge in [0.25, 0.3) is 0 Å². The first-order valence-corrected chi connectivity index (χ1v) is 8.41. The molecule has 0 fully saturated rings. The molecule has 0 radical (unpaired) electrons. The van der Waals surface area contributed by atoms with E-state index in [2.05, 4.69) is 31.9 Å². The van der Waals surface area contributed by atoms with Gasteiger partial charge in [-0.15, -0.1) is 0 Å². The highest BCUT2D eigenvalue weighted by atomic mass is 79.9. The van der Waals surface area contributed by atoms with Gasteiger partial charge in [-0.05, 0) is 23.3 Å². The molecule has 0 aliphatic carbocycles. The Morgan fingerprint density at radius 3 is 1.55 bits per heavy atom. The molecule has 1 aromatic carbocycles. The lowest BCUT2D eigenvalue weighted by Crippen LogP contribution is -1.99. The van der Waals surface area contributed by atoms with Crippen LogP contribution in [0.5, 0.6) is 0 Å². The van der Waals surface area contributed by atoms with E-state index in [1.54, 1.807) is 24.3 Å². The zero-order chi connectivity index (χ0) is 16.2. The van der Waals surface area contributed by atoms with Crippen molar-refractivity contribution in [1.82, 2.24) is 0 Å². The van der Waals surface area contributed by atoms with Crippen molar-refractivity contribution in [3.63, 3.8) is 0 Å². The van der Waals surface area contributed by atoms with Crippen LogP contribution in [0.1, 0.15) is 11.1 Å². The minimum atomic E-state index is 0.0286. The van der Waals surface area contributed by atoms with Gasteiger partial charge in [-0.2, -0.15) is 0 Å². The largest absolute Gasteiger partial charge is 0.392 e. The zero-order valence-corrected chi connectivity index (χ0v) is 15.3. The molecule has 0 heterocycles. The third-order valence-electron chi connectivity index (χ3n) is 2.70. The number of hydrogen-bond donors (Lipinski definition) is 2. The van der Waals surface area contributed by atoms with Crippen LogP contribution in [0.2, 0.25) is 0 Å². The number of benzene rings is 1. The molecule has 2 N–H and O–H groups in total. The van der Waals surface area contributed by atoms with E-state index in [4.69, 9.17) is 19.7 Å². The van der Waals surface area contributed by atoms with Crippen LogP contribution in [0.3, 0.4) is 0 Å². The van der Waals surface area contributed by atoms with E-state index in [1.807, 2.05) is 12.1 Å². The Kier molecular flexibility index (Phi) is 10.7. The molecule has 0 unspecified atom stereocenters. The summed E-state index contributed by atoms with van der Waals surface area (Å²) in [7, 11) is 0. The van der Waals surface area contributed by atoms with Gasteiger partial charge in [0, 0.05) is 8.95 Å². The van der Waals surface area contributed by atoms with Crippen LogP contribution in [-0.4, -0.2) is 36.6 Å². The van der Waals surface area contributed by atoms with Crippen molar-refractivity contribution >= 4 is 31.9 Å². The van der Waals surface area contributed by atoms with E-state index in [0.717, 1.165) is 20.1 Å². The van der Waals surface area contributed by atoms with E-state index in [-0.39, 0.29) is 13.2 Å². The Morgan fingerprint density at radius 1 is 0.773 bits per heavy atom. The molecule has 0 saturated carbocycles. The quantitative estimate of drug-likeness (QED) is 0.437. The Hall–Kier alpha value is -0.500. The summed E-state index contributed by atoms with van der Waals surface area (Å²) < 4.78 is 12.9. The van der Waals surface area contributed by atoms with E-state index < -0.39 is 0 Å². The number of ether oxygens (including phenoxy) is 2. The molecule has 6 heteroatoms. The van der Waals surface area contributed by atoms with Crippen LogP contribution in [0.25, 0.3) is 0 Å². The molecule has 0 atom stereocenters. The highest BCUT2D eigenvalue weighted by Gasteiger charge is 2.07. The van der Waals surface area contributed by atoms with Crippen LogP contribution >= 0.6 is 31.9 Å². The molecule has 0 aliphatic heterocycles. The summed E-state index contributed by atoms with van der Waals surface area (Å²) in [5.74, 6) is 0. The van der Waals surface area contributed by atoms with Gasteiger partial charge in [-0.25, -0.2) is 0 Å². The standard InChI is InChI=1S/C16H20Br2O4/c17-15-10-14(12-22-8-4-2-6-20)16(18)9-13(15)11-21-7-3-1-5-19/h1-4,9-10,19-20H,5-8,11-12H2. The Labute approximate surface area is 147 Å². The fourth-order valence-electron chi connectivity index (χ4n) is 1.61. The second-order valence-electron chi connectivity index (χ2n) is 4.37. The summed E-state index contributed by atoms with van der Waals surface area (Å²) in [5.41, 5.74) is 2.07. The average molecular weight is 436 g/mol. The van der Waals surface area contributed by atoms with Crippen molar-refractivity contribution in [3.05, 3.63) is 56.5 Å². The number of aliphatic hydroxyl groups excluding tert-OH is 2. The fraction of sp³-hybridized carbons (Fsp3) is 0.375. The zero-order valence-electron chi connectivity index (χ0n) is 12.2. The molecule has 4 nitrogen and oxygen atoms in total. The van der Waals surface area contributed by atoms with Crippen LogP contribution in [-0.2, 0) is 22.7 Å². The summed E-state index contributed by atoms with van der Waals surface area (Å²) in [6, 6.07) is 4.00. The van der Waals surface area contributed by atoms with Crippen LogP contribution < -0.4 is 0 Å². The highest BCUT2D eigenvalue weighted by molar-refractivity contribution is 9.11. The molecule has 0 saturated heterocycles. The van der Waals surface area contributed by atoms with Crippen LogP contribution in [0.15, 0.2) is 45.4 Å².